The molecule has 0 radical (unpaired) electrons. The number of amides is 1. The summed E-state index contributed by atoms with van der Waals surface area (Å²) in [6.07, 6.45) is 7.91. The van der Waals surface area contributed by atoms with Crippen molar-refractivity contribution in [2.45, 2.75) is 76.0 Å². The predicted octanol–water partition coefficient (Wildman–Crippen LogP) is 4.33. The predicted molar refractivity (Wildman–Crippen MR) is 140 cm³/mol. The number of carbonyl (C=O) groups is 1. The van der Waals surface area contributed by atoms with E-state index in [0.29, 0.717) is 29.8 Å². The number of piperidine rings is 1. The van der Waals surface area contributed by atoms with Gasteiger partial charge in [-0.1, -0.05) is 17.4 Å². The van der Waals surface area contributed by atoms with E-state index < -0.39 is 12.3 Å². The molecule has 3 aliphatic rings. The Morgan fingerprint density at radius 3 is 2.65 bits per heavy atom. The van der Waals surface area contributed by atoms with Crippen molar-refractivity contribution in [3.05, 3.63) is 36.4 Å². The molecule has 2 aromatic heterocycles. The van der Waals surface area contributed by atoms with E-state index >= 15 is 0 Å². The molecule has 0 spiro atoms. The zero-order valence-corrected chi connectivity index (χ0v) is 21.5. The van der Waals surface area contributed by atoms with Crippen molar-refractivity contribution in [2.75, 3.05) is 18.4 Å². The number of halogens is 1. The minimum Gasteiger partial charge on any atom is -0.390 e. The van der Waals surface area contributed by atoms with Gasteiger partial charge in [-0.15, -0.1) is 0 Å². The number of likely N-dealkylation sites (tertiary alicyclic amines) is 1. The molecule has 1 aliphatic heterocycles. The molecule has 2 aliphatic carbocycles. The Kier molecular flexibility index (Phi) is 7.16. The van der Waals surface area contributed by atoms with Gasteiger partial charge in [-0.25, -0.2) is 19.3 Å². The average Bonchev–Trinajstić information content (AvgIpc) is 3.47. The lowest BCUT2D eigenvalue weighted by Crippen LogP contribution is -2.51. The Labute approximate surface area is 219 Å². The first-order valence-electron chi connectivity index (χ1n) is 13.2. The van der Waals surface area contributed by atoms with Gasteiger partial charge in [0, 0.05) is 43.0 Å². The fourth-order valence-electron chi connectivity index (χ4n) is 5.56. The number of aromatic nitrogens is 3. The molecule has 2 atom stereocenters. The zero-order chi connectivity index (χ0) is 25.4. The summed E-state index contributed by atoms with van der Waals surface area (Å²) in [5, 5.41) is 13.5. The molecule has 6 rings (SSSR count). The largest absolute Gasteiger partial charge is 0.390 e. The molecule has 37 heavy (non-hydrogen) atoms. The van der Waals surface area contributed by atoms with Crippen molar-refractivity contribution in [3.63, 3.8) is 0 Å². The van der Waals surface area contributed by atoms with Gasteiger partial charge in [-0.2, -0.15) is 0 Å². The van der Waals surface area contributed by atoms with Crippen LogP contribution >= 0.6 is 11.3 Å². The molecule has 1 aromatic carbocycles. The molecular weight excluding hydrogens is 493 g/mol. The van der Waals surface area contributed by atoms with Gasteiger partial charge in [-0.05, 0) is 62.6 Å². The number of hydrogen-bond acceptors (Lipinski definition) is 8. The fraction of sp³-hybridized carbons (Fsp3) is 0.556. The van der Waals surface area contributed by atoms with Crippen LogP contribution in [0.4, 0.5) is 9.52 Å². The number of hydrogen-bond donors (Lipinski definition) is 2. The summed E-state index contributed by atoms with van der Waals surface area (Å²) in [6, 6.07) is 6.37. The molecule has 3 heterocycles. The molecule has 196 valence electrons. The second-order valence-electron chi connectivity index (χ2n) is 10.5. The molecule has 0 unspecified atom stereocenters. The van der Waals surface area contributed by atoms with Crippen molar-refractivity contribution in [1.29, 1.82) is 0 Å². The second kappa shape index (κ2) is 10.7. The molecule has 3 aromatic rings. The number of rotatable bonds is 7. The normalized spacial score (nSPS) is 26.9. The van der Waals surface area contributed by atoms with Gasteiger partial charge >= 0.3 is 0 Å². The third kappa shape index (κ3) is 5.52. The Bertz CT molecular complexity index is 1240. The third-order valence-electron chi connectivity index (χ3n) is 7.96. The molecule has 10 heteroatoms. The maximum atomic E-state index is 13.4. The van der Waals surface area contributed by atoms with Gasteiger partial charge in [0.15, 0.2) is 11.0 Å². The first-order valence-corrected chi connectivity index (χ1v) is 14.0. The highest BCUT2D eigenvalue weighted by molar-refractivity contribution is 7.22. The summed E-state index contributed by atoms with van der Waals surface area (Å²) in [6.45, 7) is 1.88. The maximum Gasteiger partial charge on any atom is 0.229 e. The number of aliphatic hydroxyl groups excluding tert-OH is 1. The topological polar surface area (TPSA) is 100 Å². The first kappa shape index (κ1) is 24.8. The molecule has 2 N–H and O–H groups in total. The Hall–Kier alpha value is -2.53. The van der Waals surface area contributed by atoms with Crippen LogP contribution in [0.3, 0.4) is 0 Å². The highest BCUT2D eigenvalue weighted by Gasteiger charge is 2.39. The monoisotopic (exact) mass is 525 g/mol. The lowest BCUT2D eigenvalue weighted by molar-refractivity contribution is -0.124. The van der Waals surface area contributed by atoms with E-state index in [2.05, 4.69) is 25.2 Å². The minimum absolute atomic E-state index is 0.00718. The van der Waals surface area contributed by atoms with E-state index in [1.807, 2.05) is 18.2 Å². The van der Waals surface area contributed by atoms with Crippen molar-refractivity contribution in [1.82, 2.24) is 19.9 Å². The van der Waals surface area contributed by atoms with Crippen LogP contribution in [-0.4, -0.2) is 68.4 Å². The number of fused-ring (bicyclic) bond motifs is 1. The number of ether oxygens (including phenoxy) is 1. The van der Waals surface area contributed by atoms with Crippen LogP contribution in [0, 0.1) is 5.92 Å². The number of benzene rings is 1. The highest BCUT2D eigenvalue weighted by Crippen LogP contribution is 2.36. The summed E-state index contributed by atoms with van der Waals surface area (Å²) in [5.41, 5.74) is 2.71. The van der Waals surface area contributed by atoms with Crippen molar-refractivity contribution >= 4 is 32.6 Å². The Balaban J connectivity index is 1.04. The fourth-order valence-corrected chi connectivity index (χ4v) is 6.47. The van der Waals surface area contributed by atoms with E-state index in [0.717, 1.165) is 66.5 Å². The molecular formula is C27H32FN5O3S. The molecule has 3 fully saturated rings. The molecule has 8 nitrogen and oxygen atoms in total. The molecule has 2 saturated carbocycles. The number of anilines is 1. The Morgan fingerprint density at radius 2 is 1.92 bits per heavy atom. The summed E-state index contributed by atoms with van der Waals surface area (Å²) in [4.78, 5) is 28.6. The Morgan fingerprint density at radius 1 is 1.14 bits per heavy atom. The number of nitrogens with zero attached hydrogens (tertiary/aromatic N) is 4. The highest BCUT2D eigenvalue weighted by atomic mass is 32.1. The van der Waals surface area contributed by atoms with Crippen molar-refractivity contribution in [2.24, 2.45) is 5.92 Å². The van der Waals surface area contributed by atoms with Crippen LogP contribution < -0.4 is 5.32 Å². The number of alkyl halides is 1. The lowest BCUT2D eigenvalue weighted by Gasteiger charge is -2.44. The number of aliphatic hydroxyl groups is 1. The van der Waals surface area contributed by atoms with Gasteiger partial charge in [0.2, 0.25) is 5.91 Å². The number of nitrogens with one attached hydrogen (secondary N) is 1. The van der Waals surface area contributed by atoms with Crippen molar-refractivity contribution < 1.29 is 19.0 Å². The number of thiazole rings is 1. The maximum absolute atomic E-state index is 13.4. The van der Waals surface area contributed by atoms with Gasteiger partial charge < -0.3 is 20.1 Å². The molecule has 1 amide bonds. The number of carbonyl (C=O) groups excluding carboxylic acids is 1. The summed E-state index contributed by atoms with van der Waals surface area (Å²) >= 11 is 1.46. The minimum atomic E-state index is -0.668. The SMILES string of the molecule is O=C(Nc1nc2ccc(-c3cnc(CO[C@H]4CCC[C@@H]4O)nc3)cc2s1)C1CC(N2CCC(F)CC2)C1. The van der Waals surface area contributed by atoms with E-state index in [9.17, 15) is 14.3 Å². The van der Waals surface area contributed by atoms with Gasteiger partial charge in [-0.3, -0.25) is 4.79 Å². The van der Waals surface area contributed by atoms with E-state index in [-0.39, 0.29) is 24.5 Å². The molecule has 0 bridgehead atoms. The smallest absolute Gasteiger partial charge is 0.229 e. The van der Waals surface area contributed by atoms with Gasteiger partial charge in [0.05, 0.1) is 22.4 Å². The average molecular weight is 526 g/mol. The standard InChI is InChI=1S/C27H32FN5O3S/c28-19-6-8-33(9-7-19)20-10-17(11-20)26(35)32-27-31-21-5-4-16(12-24(21)37-27)18-13-29-25(30-14-18)15-36-23-3-1-2-22(23)34/h4-5,12-14,17,19-20,22-23,34H,1-3,6-11,15H2,(H,31,32,35)/t17?,20?,22-,23-/m0/s1. The van der Waals surface area contributed by atoms with Crippen LogP contribution in [0.5, 0.6) is 0 Å². The second-order valence-corrected chi connectivity index (χ2v) is 11.5. The molecule has 1 saturated heterocycles. The summed E-state index contributed by atoms with van der Waals surface area (Å²) < 4.78 is 20.1. The zero-order valence-electron chi connectivity index (χ0n) is 20.7. The van der Waals surface area contributed by atoms with Crippen LogP contribution in [-0.2, 0) is 16.1 Å². The van der Waals surface area contributed by atoms with Gasteiger partial charge in [0.1, 0.15) is 12.8 Å². The van der Waals surface area contributed by atoms with Gasteiger partial charge in [0.25, 0.3) is 0 Å². The van der Waals surface area contributed by atoms with Crippen LogP contribution in [0.2, 0.25) is 0 Å². The first-order chi connectivity index (χ1) is 18.0. The summed E-state index contributed by atoms with van der Waals surface area (Å²) in [5.74, 6) is 0.608. The van der Waals surface area contributed by atoms with Crippen LogP contribution in [0.25, 0.3) is 21.3 Å². The van der Waals surface area contributed by atoms with E-state index in [1.165, 1.54) is 11.3 Å². The van der Waals surface area contributed by atoms with Crippen molar-refractivity contribution in [3.8, 4) is 11.1 Å². The van der Waals surface area contributed by atoms with Crippen LogP contribution in [0.15, 0.2) is 30.6 Å². The van der Waals surface area contributed by atoms with E-state index in [4.69, 9.17) is 4.74 Å². The van der Waals surface area contributed by atoms with E-state index in [1.54, 1.807) is 12.4 Å². The third-order valence-corrected chi connectivity index (χ3v) is 8.89. The van der Waals surface area contributed by atoms with Crippen LogP contribution in [0.1, 0.15) is 50.8 Å². The lowest BCUT2D eigenvalue weighted by atomic mass is 9.78. The quantitative estimate of drug-likeness (QED) is 0.473. The summed E-state index contributed by atoms with van der Waals surface area (Å²) in [7, 11) is 0.